The molecule has 0 aliphatic carbocycles. The summed E-state index contributed by atoms with van der Waals surface area (Å²) in [5.74, 6) is 0. The van der Waals surface area contributed by atoms with E-state index in [0.29, 0.717) is 0 Å². The first-order valence-electron chi connectivity index (χ1n) is 8.07. The molecule has 9 nitrogen and oxygen atoms in total. The monoisotopic (exact) mass is 384 g/mol. The zero-order valence-corrected chi connectivity index (χ0v) is 14.6. The van der Waals surface area contributed by atoms with E-state index in [-0.39, 0.29) is 24.6 Å². The molecular weight excluding hydrogens is 368 g/mol. The van der Waals surface area contributed by atoms with Gasteiger partial charge in [0.25, 0.3) is 11.4 Å². The van der Waals surface area contributed by atoms with Crippen LogP contribution in [0.2, 0.25) is 0 Å². The second-order valence-electron chi connectivity index (χ2n) is 5.37. The molecule has 144 valence electrons. The van der Waals surface area contributed by atoms with Crippen LogP contribution in [0.3, 0.4) is 0 Å². The molecule has 0 fully saturated rings. The Morgan fingerprint density at radius 2 is 1.11 bits per heavy atom. The molecule has 28 heavy (non-hydrogen) atoms. The lowest BCUT2D eigenvalue weighted by Crippen LogP contribution is -2.07. The van der Waals surface area contributed by atoms with E-state index >= 15 is 0 Å². The highest BCUT2D eigenvalue weighted by Gasteiger charge is 2.04. The Morgan fingerprint density at radius 1 is 0.750 bits per heavy atom. The van der Waals surface area contributed by atoms with Gasteiger partial charge in [-0.05, 0) is 47.5 Å². The van der Waals surface area contributed by atoms with Crippen LogP contribution in [-0.2, 0) is 9.47 Å². The van der Waals surface area contributed by atoms with Crippen LogP contribution in [-0.4, -0.2) is 29.2 Å². The molecular formula is C19H16N2O7. The second kappa shape index (κ2) is 10.2. The van der Waals surface area contributed by atoms with Crippen LogP contribution in [0, 0.1) is 20.2 Å². The average Bonchev–Trinajstić information content (AvgIpc) is 2.69. The highest BCUT2D eigenvalue weighted by Crippen LogP contribution is 2.13. The first kappa shape index (κ1) is 20.3. The Bertz CT molecular complexity index is 814. The fourth-order valence-corrected chi connectivity index (χ4v) is 2.06. The van der Waals surface area contributed by atoms with Gasteiger partial charge in [-0.3, -0.25) is 20.2 Å². The predicted molar refractivity (Wildman–Crippen MR) is 102 cm³/mol. The minimum Gasteiger partial charge on any atom is -0.430 e. The highest BCUT2D eigenvalue weighted by molar-refractivity contribution is 5.61. The molecule has 0 amide bonds. The van der Waals surface area contributed by atoms with Gasteiger partial charge in [0.15, 0.2) is 0 Å². The molecule has 0 unspecified atom stereocenters. The van der Waals surface area contributed by atoms with Crippen molar-refractivity contribution in [3.8, 4) is 0 Å². The lowest BCUT2D eigenvalue weighted by atomic mass is 10.2. The van der Waals surface area contributed by atoms with Crippen LogP contribution in [0.4, 0.5) is 16.2 Å². The molecule has 0 heterocycles. The minimum atomic E-state index is -0.846. The summed E-state index contributed by atoms with van der Waals surface area (Å²) >= 11 is 0. The van der Waals surface area contributed by atoms with Gasteiger partial charge in [-0.15, -0.1) is 0 Å². The molecule has 2 rings (SSSR count). The molecule has 0 radical (unpaired) electrons. The topological polar surface area (TPSA) is 122 Å². The second-order valence-corrected chi connectivity index (χ2v) is 5.37. The van der Waals surface area contributed by atoms with E-state index < -0.39 is 16.0 Å². The summed E-state index contributed by atoms with van der Waals surface area (Å²) in [6, 6.07) is 11.8. The van der Waals surface area contributed by atoms with Gasteiger partial charge in [0.1, 0.15) is 13.2 Å². The van der Waals surface area contributed by atoms with Crippen LogP contribution in [0.5, 0.6) is 0 Å². The summed E-state index contributed by atoms with van der Waals surface area (Å²) in [4.78, 5) is 31.6. The Kier molecular flexibility index (Phi) is 7.41. The Morgan fingerprint density at radius 3 is 1.43 bits per heavy atom. The lowest BCUT2D eigenvalue weighted by Gasteiger charge is -2.01. The fraction of sp³-hybridized carbons (Fsp3) is 0.105. The number of carbonyl (C=O) groups is 1. The van der Waals surface area contributed by atoms with Crippen molar-refractivity contribution in [1.82, 2.24) is 0 Å². The number of rotatable bonds is 8. The van der Waals surface area contributed by atoms with E-state index in [1.54, 1.807) is 48.6 Å². The summed E-state index contributed by atoms with van der Waals surface area (Å²) in [5.41, 5.74) is 1.46. The summed E-state index contributed by atoms with van der Waals surface area (Å²) in [7, 11) is 0. The average molecular weight is 384 g/mol. The van der Waals surface area contributed by atoms with Crippen LogP contribution in [0.1, 0.15) is 11.1 Å². The van der Waals surface area contributed by atoms with Crippen molar-refractivity contribution < 1.29 is 24.1 Å². The highest BCUT2D eigenvalue weighted by atomic mass is 16.7. The van der Waals surface area contributed by atoms with E-state index in [4.69, 9.17) is 9.47 Å². The van der Waals surface area contributed by atoms with Crippen molar-refractivity contribution in [3.05, 3.63) is 92.0 Å². The zero-order chi connectivity index (χ0) is 20.4. The van der Waals surface area contributed by atoms with Crippen molar-refractivity contribution in [2.75, 3.05) is 13.2 Å². The van der Waals surface area contributed by atoms with Crippen molar-refractivity contribution in [3.63, 3.8) is 0 Å². The first-order chi connectivity index (χ1) is 13.5. The summed E-state index contributed by atoms with van der Waals surface area (Å²) in [6.07, 6.45) is 5.63. The van der Waals surface area contributed by atoms with E-state index in [1.807, 2.05) is 0 Å². The summed E-state index contributed by atoms with van der Waals surface area (Å²) in [6.45, 7) is -0.0240. The van der Waals surface area contributed by atoms with Gasteiger partial charge in [0.05, 0.1) is 9.85 Å². The van der Waals surface area contributed by atoms with Crippen LogP contribution in [0.15, 0.2) is 60.7 Å². The quantitative estimate of drug-likeness (QED) is 0.376. The van der Waals surface area contributed by atoms with Crippen LogP contribution in [0.25, 0.3) is 12.2 Å². The summed E-state index contributed by atoms with van der Waals surface area (Å²) < 4.78 is 9.71. The molecule has 0 aliphatic heterocycles. The number of nitrogens with zero attached hydrogens (tertiary/aromatic N) is 2. The van der Waals surface area contributed by atoms with Crippen LogP contribution >= 0.6 is 0 Å². The molecule has 0 saturated heterocycles. The number of hydrogen-bond donors (Lipinski definition) is 0. The van der Waals surface area contributed by atoms with Gasteiger partial charge >= 0.3 is 6.16 Å². The van der Waals surface area contributed by atoms with Crippen molar-refractivity contribution >= 4 is 29.7 Å². The Labute approximate surface area is 159 Å². The molecule has 0 bridgehead atoms. The van der Waals surface area contributed by atoms with Gasteiger partial charge in [-0.25, -0.2) is 4.79 Å². The number of nitro groups is 2. The molecule has 9 heteroatoms. The predicted octanol–water partition coefficient (Wildman–Crippen LogP) is 4.38. The number of non-ortho nitro benzene ring substituents is 2. The third kappa shape index (κ3) is 6.71. The van der Waals surface area contributed by atoms with E-state index in [1.165, 1.54) is 24.3 Å². The maximum Gasteiger partial charge on any atom is 0.508 e. The molecule has 0 aromatic heterocycles. The number of benzene rings is 2. The van der Waals surface area contributed by atoms with Gasteiger partial charge in [0, 0.05) is 24.3 Å². The van der Waals surface area contributed by atoms with Gasteiger partial charge in [0.2, 0.25) is 0 Å². The maximum atomic E-state index is 11.4. The standard InChI is InChI=1S/C19H16N2O7/c22-19(27-13-1-3-15-5-9-17(10-6-15)20(23)24)28-14-2-4-16-7-11-18(12-8-16)21(25)26/h1-12H,13-14H2. The number of ether oxygens (including phenoxy) is 2. The van der Waals surface area contributed by atoms with Gasteiger partial charge in [-0.2, -0.15) is 0 Å². The third-order valence-corrected chi connectivity index (χ3v) is 3.42. The van der Waals surface area contributed by atoms with Gasteiger partial charge < -0.3 is 9.47 Å². The first-order valence-corrected chi connectivity index (χ1v) is 8.07. The smallest absolute Gasteiger partial charge is 0.430 e. The molecule has 2 aromatic rings. The third-order valence-electron chi connectivity index (χ3n) is 3.42. The lowest BCUT2D eigenvalue weighted by molar-refractivity contribution is -0.385. The molecule has 0 aliphatic rings. The number of carbonyl (C=O) groups excluding carboxylic acids is 1. The molecule has 0 atom stereocenters. The van der Waals surface area contributed by atoms with E-state index in [9.17, 15) is 25.0 Å². The Balaban J connectivity index is 1.68. The minimum absolute atomic E-state index is 0.00115. The zero-order valence-electron chi connectivity index (χ0n) is 14.6. The maximum absolute atomic E-state index is 11.4. The van der Waals surface area contributed by atoms with Crippen molar-refractivity contribution in [2.45, 2.75) is 0 Å². The summed E-state index contributed by atoms with van der Waals surface area (Å²) in [5, 5.41) is 21.1. The Hall–Kier alpha value is -4.01. The number of nitro benzene ring substituents is 2. The van der Waals surface area contributed by atoms with Gasteiger partial charge in [-0.1, -0.05) is 12.2 Å². The number of hydrogen-bond acceptors (Lipinski definition) is 7. The fourth-order valence-electron chi connectivity index (χ4n) is 2.06. The molecule has 2 aromatic carbocycles. The SMILES string of the molecule is O=C(OCC=Cc1ccc([N+](=O)[O-])cc1)OCC=Cc1ccc([N+](=O)[O-])cc1. The van der Waals surface area contributed by atoms with E-state index in [0.717, 1.165) is 11.1 Å². The molecule has 0 spiro atoms. The van der Waals surface area contributed by atoms with E-state index in [2.05, 4.69) is 0 Å². The van der Waals surface area contributed by atoms with Crippen LogP contribution < -0.4 is 0 Å². The van der Waals surface area contributed by atoms with Crippen molar-refractivity contribution in [1.29, 1.82) is 0 Å². The van der Waals surface area contributed by atoms with Crippen molar-refractivity contribution in [2.24, 2.45) is 0 Å². The normalized spacial score (nSPS) is 10.9. The largest absolute Gasteiger partial charge is 0.508 e. The molecule has 0 saturated carbocycles. The molecule has 0 N–H and O–H groups in total.